The minimum Gasteiger partial charge on any atom is -0.480 e. The van der Waals surface area contributed by atoms with Gasteiger partial charge in [0.25, 0.3) is 0 Å². The normalized spacial score (nSPS) is 10.9. The van der Waals surface area contributed by atoms with Gasteiger partial charge in [-0.15, -0.1) is 13.2 Å². The fourth-order valence-corrected chi connectivity index (χ4v) is 0.981. The second kappa shape index (κ2) is 4.73. The van der Waals surface area contributed by atoms with Crippen molar-refractivity contribution >= 4 is 11.7 Å². The van der Waals surface area contributed by atoms with Crippen LogP contribution < -0.4 is 10.1 Å². The molecule has 16 heavy (non-hydrogen) atoms. The van der Waals surface area contributed by atoms with Gasteiger partial charge in [0.1, 0.15) is 12.3 Å². The van der Waals surface area contributed by atoms with Gasteiger partial charge in [0.2, 0.25) is 0 Å². The molecule has 7 heteroatoms. The van der Waals surface area contributed by atoms with Crippen LogP contribution >= 0.6 is 0 Å². The Hall–Kier alpha value is -1.92. The van der Waals surface area contributed by atoms with Gasteiger partial charge in [0.05, 0.1) is 0 Å². The molecular weight excluding hydrogens is 227 g/mol. The Kier molecular flexibility index (Phi) is 3.60. The highest BCUT2D eigenvalue weighted by Crippen LogP contribution is 2.24. The molecule has 0 spiro atoms. The van der Waals surface area contributed by atoms with Crippen molar-refractivity contribution in [2.24, 2.45) is 0 Å². The van der Waals surface area contributed by atoms with E-state index in [1.165, 1.54) is 12.1 Å². The largest absolute Gasteiger partial charge is 0.573 e. The molecule has 0 unspecified atom stereocenters. The van der Waals surface area contributed by atoms with Crippen LogP contribution in [0.1, 0.15) is 0 Å². The smallest absolute Gasteiger partial charge is 0.480 e. The van der Waals surface area contributed by atoms with E-state index in [0.717, 1.165) is 12.1 Å². The molecule has 0 aliphatic heterocycles. The van der Waals surface area contributed by atoms with E-state index in [4.69, 9.17) is 5.11 Å². The number of hydrogen-bond donors (Lipinski definition) is 2. The van der Waals surface area contributed by atoms with Gasteiger partial charge in [-0.25, -0.2) is 0 Å². The van der Waals surface area contributed by atoms with E-state index in [0.29, 0.717) is 0 Å². The van der Waals surface area contributed by atoms with Gasteiger partial charge >= 0.3 is 12.3 Å². The molecule has 0 fully saturated rings. The summed E-state index contributed by atoms with van der Waals surface area (Å²) in [5.74, 6) is -1.51. The Balaban J connectivity index is 2.67. The van der Waals surface area contributed by atoms with Crippen LogP contribution in [0.3, 0.4) is 0 Å². The van der Waals surface area contributed by atoms with Crippen molar-refractivity contribution in [3.63, 3.8) is 0 Å². The van der Waals surface area contributed by atoms with E-state index >= 15 is 0 Å². The van der Waals surface area contributed by atoms with Crippen molar-refractivity contribution in [3.8, 4) is 5.75 Å². The number of carboxylic acid groups (broad SMARTS) is 1. The number of halogens is 3. The molecule has 0 saturated carbocycles. The molecule has 0 radical (unpaired) electrons. The number of rotatable bonds is 4. The second-order valence-corrected chi connectivity index (χ2v) is 2.82. The van der Waals surface area contributed by atoms with Crippen LogP contribution in [0.4, 0.5) is 18.9 Å². The maximum absolute atomic E-state index is 11.9. The molecule has 4 nitrogen and oxygen atoms in total. The van der Waals surface area contributed by atoms with Gasteiger partial charge in [-0.05, 0) is 12.1 Å². The van der Waals surface area contributed by atoms with Crippen LogP contribution in [0.25, 0.3) is 0 Å². The molecule has 1 aromatic rings. The van der Waals surface area contributed by atoms with Crippen LogP contribution in [-0.4, -0.2) is 24.0 Å². The van der Waals surface area contributed by atoms with Gasteiger partial charge in [0, 0.05) is 11.8 Å². The molecule has 88 valence electrons. The summed E-state index contributed by atoms with van der Waals surface area (Å²) in [6, 6.07) is 4.95. The van der Waals surface area contributed by atoms with E-state index in [9.17, 15) is 18.0 Å². The zero-order valence-electron chi connectivity index (χ0n) is 7.91. The lowest BCUT2D eigenvalue weighted by molar-refractivity contribution is -0.274. The number of anilines is 1. The molecule has 0 heterocycles. The number of alkyl halides is 3. The second-order valence-electron chi connectivity index (χ2n) is 2.82. The minimum absolute atomic E-state index is 0.240. The lowest BCUT2D eigenvalue weighted by atomic mass is 10.3. The standard InChI is InChI=1S/C9H8F3NO3/c10-9(11,12)16-7-3-1-2-6(4-7)13-5-8(14)15/h1-4,13H,5H2,(H,14,15). The number of benzene rings is 1. The molecule has 0 bridgehead atoms. The third kappa shape index (κ3) is 4.54. The first kappa shape index (κ1) is 12.2. The maximum Gasteiger partial charge on any atom is 0.573 e. The highest BCUT2D eigenvalue weighted by molar-refractivity contribution is 5.72. The molecule has 0 saturated heterocycles. The summed E-state index contributed by atoms with van der Waals surface area (Å²) < 4.78 is 39.2. The van der Waals surface area contributed by atoms with Crippen molar-refractivity contribution in [1.29, 1.82) is 0 Å². The lowest BCUT2D eigenvalue weighted by Gasteiger charge is -2.10. The maximum atomic E-state index is 11.9. The summed E-state index contributed by atoms with van der Waals surface area (Å²) in [4.78, 5) is 10.2. The van der Waals surface area contributed by atoms with Gasteiger partial charge in [-0.2, -0.15) is 0 Å². The quantitative estimate of drug-likeness (QED) is 0.838. The van der Waals surface area contributed by atoms with E-state index in [1.807, 2.05) is 0 Å². The van der Waals surface area contributed by atoms with Crippen molar-refractivity contribution in [2.45, 2.75) is 6.36 Å². The minimum atomic E-state index is -4.76. The highest BCUT2D eigenvalue weighted by atomic mass is 19.4. The Morgan fingerprint density at radius 3 is 2.69 bits per heavy atom. The molecule has 2 N–H and O–H groups in total. The summed E-state index contributed by atoms with van der Waals surface area (Å²) in [5, 5.41) is 10.8. The summed E-state index contributed by atoms with van der Waals surface area (Å²) >= 11 is 0. The fraction of sp³-hybridized carbons (Fsp3) is 0.222. The van der Waals surface area contributed by atoms with Crippen LogP contribution in [-0.2, 0) is 4.79 Å². The molecule has 0 aliphatic rings. The summed E-state index contributed by atoms with van der Waals surface area (Å²) in [6.07, 6.45) is -4.76. The van der Waals surface area contributed by atoms with Crippen molar-refractivity contribution in [2.75, 3.05) is 11.9 Å². The number of hydrogen-bond acceptors (Lipinski definition) is 3. The third-order valence-electron chi connectivity index (χ3n) is 1.51. The van der Waals surface area contributed by atoms with E-state index in [1.54, 1.807) is 0 Å². The number of carboxylic acids is 1. The van der Waals surface area contributed by atoms with Crippen LogP contribution in [0.15, 0.2) is 24.3 Å². The number of carbonyl (C=O) groups is 1. The molecule has 0 aromatic heterocycles. The highest BCUT2D eigenvalue weighted by Gasteiger charge is 2.31. The number of nitrogens with one attached hydrogen (secondary N) is 1. The Morgan fingerprint density at radius 2 is 2.12 bits per heavy atom. The van der Waals surface area contributed by atoms with Gasteiger partial charge in [-0.3, -0.25) is 4.79 Å². The van der Waals surface area contributed by atoms with Crippen molar-refractivity contribution in [1.82, 2.24) is 0 Å². The topological polar surface area (TPSA) is 58.6 Å². The molecular formula is C9H8F3NO3. The van der Waals surface area contributed by atoms with E-state index < -0.39 is 18.1 Å². The van der Waals surface area contributed by atoms with Crippen LogP contribution in [0.2, 0.25) is 0 Å². The lowest BCUT2D eigenvalue weighted by Crippen LogP contribution is -2.17. The predicted molar refractivity (Wildman–Crippen MR) is 49.3 cm³/mol. The molecule has 0 aliphatic carbocycles. The Labute approximate surface area is 88.6 Å². The van der Waals surface area contributed by atoms with Crippen LogP contribution in [0.5, 0.6) is 5.75 Å². The number of ether oxygens (including phenoxy) is 1. The SMILES string of the molecule is O=C(O)CNc1cccc(OC(F)(F)F)c1. The first-order valence-electron chi connectivity index (χ1n) is 4.18. The molecule has 0 atom stereocenters. The molecule has 0 amide bonds. The monoisotopic (exact) mass is 235 g/mol. The van der Waals surface area contributed by atoms with E-state index in [-0.39, 0.29) is 12.2 Å². The fourth-order valence-electron chi connectivity index (χ4n) is 0.981. The molecule has 1 rings (SSSR count). The summed E-state index contributed by atoms with van der Waals surface area (Å²) in [6.45, 7) is -0.379. The Morgan fingerprint density at radius 1 is 1.44 bits per heavy atom. The van der Waals surface area contributed by atoms with Gasteiger partial charge < -0.3 is 15.2 Å². The third-order valence-corrected chi connectivity index (χ3v) is 1.51. The van der Waals surface area contributed by atoms with Crippen LogP contribution in [0, 0.1) is 0 Å². The van der Waals surface area contributed by atoms with Crippen molar-refractivity contribution < 1.29 is 27.8 Å². The average molecular weight is 235 g/mol. The molecule has 1 aromatic carbocycles. The Bertz CT molecular complexity index is 379. The summed E-state index contributed by atoms with van der Waals surface area (Å²) in [5.41, 5.74) is 0.240. The van der Waals surface area contributed by atoms with Gasteiger partial charge in [0.15, 0.2) is 0 Å². The zero-order valence-corrected chi connectivity index (χ0v) is 7.91. The van der Waals surface area contributed by atoms with Crippen molar-refractivity contribution in [3.05, 3.63) is 24.3 Å². The summed E-state index contributed by atoms with van der Waals surface area (Å²) in [7, 11) is 0. The zero-order chi connectivity index (χ0) is 12.2. The first-order valence-corrected chi connectivity index (χ1v) is 4.18. The van der Waals surface area contributed by atoms with E-state index in [2.05, 4.69) is 10.1 Å². The predicted octanol–water partition coefficient (Wildman–Crippen LogP) is 2.08. The first-order chi connectivity index (χ1) is 7.37. The van der Waals surface area contributed by atoms with Gasteiger partial charge in [-0.1, -0.05) is 6.07 Å². The average Bonchev–Trinajstić information content (AvgIpc) is 2.12. The number of aliphatic carboxylic acids is 1.